The highest BCUT2D eigenvalue weighted by Gasteiger charge is 2.42. The van der Waals surface area contributed by atoms with Crippen LogP contribution >= 0.6 is 0 Å². The number of ether oxygens (including phenoxy) is 1. The maximum atomic E-state index is 13.8. The molecule has 1 atom stereocenters. The summed E-state index contributed by atoms with van der Waals surface area (Å²) in [6.07, 6.45) is 0.719. The van der Waals surface area contributed by atoms with Gasteiger partial charge in [0.05, 0.1) is 30.2 Å². The lowest BCUT2D eigenvalue weighted by atomic mass is 9.98. The van der Waals surface area contributed by atoms with Gasteiger partial charge in [0.2, 0.25) is 5.76 Å². The average Bonchev–Trinajstić information content (AvgIpc) is 3.08. The van der Waals surface area contributed by atoms with Gasteiger partial charge in [0.1, 0.15) is 17.1 Å². The number of phenols is 1. The molecule has 2 aromatic carbocycles. The molecule has 1 unspecified atom stereocenters. The van der Waals surface area contributed by atoms with Gasteiger partial charge in [-0.2, -0.15) is 0 Å². The number of hydrogen-bond donors (Lipinski definition) is 1. The Morgan fingerprint density at radius 3 is 2.53 bits per heavy atom. The molecular weight excluding hydrogens is 415 g/mol. The zero-order valence-corrected chi connectivity index (χ0v) is 17.4. The number of nitrogens with zero attached hydrogens (tertiary/aromatic N) is 2. The third-order valence-corrected chi connectivity index (χ3v) is 6.11. The molecule has 0 saturated carbocycles. The van der Waals surface area contributed by atoms with E-state index in [1.807, 2.05) is 0 Å². The molecule has 3 aromatic rings. The molecule has 0 aliphatic carbocycles. The minimum atomic E-state index is -0.660. The van der Waals surface area contributed by atoms with Gasteiger partial charge in [-0.25, -0.2) is 4.39 Å². The summed E-state index contributed by atoms with van der Waals surface area (Å²) < 4.78 is 25.0. The van der Waals surface area contributed by atoms with Gasteiger partial charge in [-0.15, -0.1) is 0 Å². The number of fused-ring (bicyclic) bond motifs is 2. The molecule has 2 aliphatic rings. The average molecular weight is 438 g/mol. The molecule has 0 bridgehead atoms. The Balaban J connectivity index is 1.53. The number of hydrogen-bond acceptors (Lipinski definition) is 6. The molecule has 32 heavy (non-hydrogen) atoms. The predicted molar refractivity (Wildman–Crippen MR) is 115 cm³/mol. The Kier molecular flexibility index (Phi) is 5.40. The Labute approximate surface area is 183 Å². The fraction of sp³-hybridized carbons (Fsp3) is 0.333. The molecule has 166 valence electrons. The summed E-state index contributed by atoms with van der Waals surface area (Å²) in [5.41, 5.74) is 0.667. The third-order valence-electron chi connectivity index (χ3n) is 6.11. The van der Waals surface area contributed by atoms with Crippen LogP contribution in [0.4, 0.5) is 4.39 Å². The van der Waals surface area contributed by atoms with E-state index in [4.69, 9.17) is 9.15 Å². The number of aromatic hydroxyl groups is 1. The second kappa shape index (κ2) is 8.37. The Morgan fingerprint density at radius 1 is 1.03 bits per heavy atom. The van der Waals surface area contributed by atoms with Crippen molar-refractivity contribution in [2.75, 3.05) is 39.4 Å². The summed E-state index contributed by atoms with van der Waals surface area (Å²) in [5.74, 6) is -0.815. The standard InChI is InChI=1S/C24H23FN2O5/c25-16-4-7-19-18(14-16)22(29)20-21(15-2-5-17(28)6-3-15)27(24(30)23(20)32-19)9-1-8-26-10-12-31-13-11-26/h2-7,14,21,28H,1,8-13H2. The topological polar surface area (TPSA) is 83.2 Å². The molecule has 1 amide bonds. The van der Waals surface area contributed by atoms with Crippen molar-refractivity contribution >= 4 is 16.9 Å². The maximum absolute atomic E-state index is 13.8. The van der Waals surface area contributed by atoms with Crippen LogP contribution in [0.15, 0.2) is 51.7 Å². The summed E-state index contributed by atoms with van der Waals surface area (Å²) in [7, 11) is 0. The van der Waals surface area contributed by atoms with Crippen LogP contribution in [0.2, 0.25) is 0 Å². The number of morpholine rings is 1. The normalized spacial score (nSPS) is 19.0. The van der Waals surface area contributed by atoms with E-state index in [-0.39, 0.29) is 33.9 Å². The predicted octanol–water partition coefficient (Wildman–Crippen LogP) is 2.91. The van der Waals surface area contributed by atoms with Gasteiger partial charge in [0.15, 0.2) is 5.43 Å². The van der Waals surface area contributed by atoms with Gasteiger partial charge >= 0.3 is 0 Å². The van der Waals surface area contributed by atoms with Crippen LogP contribution in [0.5, 0.6) is 5.75 Å². The van der Waals surface area contributed by atoms with Gasteiger partial charge in [-0.3, -0.25) is 14.5 Å². The minimum Gasteiger partial charge on any atom is -0.508 e. The smallest absolute Gasteiger partial charge is 0.290 e. The SMILES string of the molecule is O=C1c2oc3ccc(F)cc3c(=O)c2C(c2ccc(O)cc2)N1CCCN1CCOCC1. The van der Waals surface area contributed by atoms with Crippen LogP contribution in [0.3, 0.4) is 0 Å². The van der Waals surface area contributed by atoms with E-state index in [1.165, 1.54) is 24.3 Å². The summed E-state index contributed by atoms with van der Waals surface area (Å²) in [4.78, 5) is 30.6. The van der Waals surface area contributed by atoms with Crippen LogP contribution in [0.25, 0.3) is 11.0 Å². The Hall–Kier alpha value is -3.23. The lowest BCUT2D eigenvalue weighted by Crippen LogP contribution is -2.38. The summed E-state index contributed by atoms with van der Waals surface area (Å²) in [6, 6.07) is 9.47. The Bertz CT molecular complexity index is 1220. The van der Waals surface area contributed by atoms with E-state index in [2.05, 4.69) is 4.90 Å². The summed E-state index contributed by atoms with van der Waals surface area (Å²) >= 11 is 0. The number of phenolic OH excluding ortho intramolecular Hbond substituents is 1. The van der Waals surface area contributed by atoms with Crippen molar-refractivity contribution in [1.82, 2.24) is 9.80 Å². The highest BCUT2D eigenvalue weighted by atomic mass is 19.1. The quantitative estimate of drug-likeness (QED) is 0.660. The van der Waals surface area contributed by atoms with Crippen molar-refractivity contribution in [3.8, 4) is 5.75 Å². The first kappa shape index (κ1) is 20.7. The van der Waals surface area contributed by atoms with E-state index in [0.717, 1.165) is 32.1 Å². The fourth-order valence-corrected chi connectivity index (χ4v) is 4.52. The second-order valence-electron chi connectivity index (χ2n) is 8.11. The van der Waals surface area contributed by atoms with Crippen molar-refractivity contribution in [2.24, 2.45) is 0 Å². The number of benzene rings is 2. The van der Waals surface area contributed by atoms with Gasteiger partial charge in [0.25, 0.3) is 5.91 Å². The molecular formula is C24H23FN2O5. The number of carbonyl (C=O) groups excluding carboxylic acids is 1. The molecule has 5 rings (SSSR count). The second-order valence-corrected chi connectivity index (χ2v) is 8.11. The first-order valence-corrected chi connectivity index (χ1v) is 10.7. The summed E-state index contributed by atoms with van der Waals surface area (Å²) in [6.45, 7) is 4.34. The van der Waals surface area contributed by atoms with E-state index in [1.54, 1.807) is 17.0 Å². The molecule has 8 heteroatoms. The van der Waals surface area contributed by atoms with Crippen molar-refractivity contribution in [3.05, 3.63) is 75.4 Å². The highest BCUT2D eigenvalue weighted by Crippen LogP contribution is 2.38. The minimum absolute atomic E-state index is 0.00134. The molecule has 0 radical (unpaired) electrons. The maximum Gasteiger partial charge on any atom is 0.290 e. The van der Waals surface area contributed by atoms with Crippen LogP contribution in [-0.4, -0.2) is 60.2 Å². The van der Waals surface area contributed by atoms with E-state index in [0.29, 0.717) is 25.3 Å². The molecule has 1 fully saturated rings. The lowest BCUT2D eigenvalue weighted by molar-refractivity contribution is 0.0353. The van der Waals surface area contributed by atoms with Crippen LogP contribution in [0, 0.1) is 5.82 Å². The van der Waals surface area contributed by atoms with Crippen LogP contribution in [0.1, 0.15) is 34.1 Å². The van der Waals surface area contributed by atoms with Gasteiger partial charge in [-0.05, 0) is 42.3 Å². The summed E-state index contributed by atoms with van der Waals surface area (Å²) in [5, 5.41) is 9.81. The first-order valence-electron chi connectivity index (χ1n) is 10.7. The monoisotopic (exact) mass is 438 g/mol. The Morgan fingerprint density at radius 2 is 1.78 bits per heavy atom. The van der Waals surface area contributed by atoms with Crippen molar-refractivity contribution < 1.29 is 23.4 Å². The van der Waals surface area contributed by atoms with Crippen LogP contribution < -0.4 is 5.43 Å². The third kappa shape index (κ3) is 3.65. The first-order chi connectivity index (χ1) is 15.5. The number of rotatable bonds is 5. The lowest BCUT2D eigenvalue weighted by Gasteiger charge is -2.29. The van der Waals surface area contributed by atoms with E-state index < -0.39 is 17.3 Å². The molecule has 3 heterocycles. The molecule has 1 N–H and O–H groups in total. The number of carbonyl (C=O) groups is 1. The van der Waals surface area contributed by atoms with Gasteiger partial charge in [0, 0.05) is 26.2 Å². The van der Waals surface area contributed by atoms with Gasteiger partial charge in [-0.1, -0.05) is 12.1 Å². The van der Waals surface area contributed by atoms with Crippen molar-refractivity contribution in [1.29, 1.82) is 0 Å². The molecule has 1 aromatic heterocycles. The zero-order valence-electron chi connectivity index (χ0n) is 17.4. The van der Waals surface area contributed by atoms with Gasteiger partial charge < -0.3 is 19.2 Å². The highest BCUT2D eigenvalue weighted by molar-refractivity contribution is 5.99. The fourth-order valence-electron chi connectivity index (χ4n) is 4.52. The molecule has 0 spiro atoms. The number of halogens is 1. The van der Waals surface area contributed by atoms with Crippen molar-refractivity contribution in [2.45, 2.75) is 12.5 Å². The largest absolute Gasteiger partial charge is 0.508 e. The molecule has 7 nitrogen and oxygen atoms in total. The van der Waals surface area contributed by atoms with Crippen LogP contribution in [-0.2, 0) is 4.74 Å². The number of amides is 1. The molecule has 1 saturated heterocycles. The zero-order chi connectivity index (χ0) is 22.2. The van der Waals surface area contributed by atoms with Crippen molar-refractivity contribution in [3.63, 3.8) is 0 Å². The van der Waals surface area contributed by atoms with E-state index >= 15 is 0 Å². The molecule has 2 aliphatic heterocycles. The van der Waals surface area contributed by atoms with E-state index in [9.17, 15) is 19.1 Å².